The minimum Gasteiger partial charge on any atom is -0.489 e. The highest BCUT2D eigenvalue weighted by Crippen LogP contribution is 2.18. The fraction of sp³-hybridized carbons (Fsp3) is 0.167. The van der Waals surface area contributed by atoms with Crippen molar-refractivity contribution < 1.29 is 19.4 Å². The summed E-state index contributed by atoms with van der Waals surface area (Å²) >= 11 is 0. The Labute approximate surface area is 170 Å². The number of amides is 1. The van der Waals surface area contributed by atoms with Crippen molar-refractivity contribution in [2.45, 2.75) is 20.0 Å². The number of nitrogens with one attached hydrogen (secondary N) is 1. The Morgan fingerprint density at radius 2 is 1.59 bits per heavy atom. The Balaban J connectivity index is 1.65. The van der Waals surface area contributed by atoms with Crippen LogP contribution in [0.1, 0.15) is 28.4 Å². The van der Waals surface area contributed by atoms with Crippen molar-refractivity contribution in [3.63, 3.8) is 0 Å². The molecule has 0 saturated heterocycles. The van der Waals surface area contributed by atoms with Crippen molar-refractivity contribution in [1.29, 1.82) is 0 Å². The summed E-state index contributed by atoms with van der Waals surface area (Å²) in [6.45, 7) is 1.96. The van der Waals surface area contributed by atoms with Gasteiger partial charge in [-0.1, -0.05) is 55.5 Å². The van der Waals surface area contributed by atoms with Crippen molar-refractivity contribution in [3.05, 3.63) is 95.6 Å². The Bertz CT molecular complexity index is 968. The van der Waals surface area contributed by atoms with Crippen LogP contribution in [-0.4, -0.2) is 17.0 Å². The lowest BCUT2D eigenvalue weighted by Crippen LogP contribution is -2.15. The lowest BCUT2D eigenvalue weighted by atomic mass is 10.0. The number of rotatable bonds is 8. The van der Waals surface area contributed by atoms with E-state index in [4.69, 9.17) is 9.84 Å². The van der Waals surface area contributed by atoms with Crippen LogP contribution in [0.5, 0.6) is 5.75 Å². The van der Waals surface area contributed by atoms with Gasteiger partial charge in [-0.25, -0.2) is 0 Å². The zero-order chi connectivity index (χ0) is 20.6. The third-order valence-electron chi connectivity index (χ3n) is 4.57. The van der Waals surface area contributed by atoms with Crippen molar-refractivity contribution in [3.8, 4) is 5.75 Å². The molecule has 1 amide bonds. The number of hydrogen-bond acceptors (Lipinski definition) is 3. The maximum atomic E-state index is 12.8. The molecule has 29 heavy (non-hydrogen) atoms. The SMILES string of the molecule is CC(Cc1ccc(NC(=O)c2ccccc2COc2ccccc2)cc1)C(=O)O. The molecule has 5 nitrogen and oxygen atoms in total. The van der Waals surface area contributed by atoms with E-state index in [1.165, 1.54) is 0 Å². The highest BCUT2D eigenvalue weighted by Gasteiger charge is 2.13. The molecule has 0 aliphatic heterocycles. The number of carbonyl (C=O) groups is 2. The van der Waals surface area contributed by atoms with Crippen LogP contribution in [0.25, 0.3) is 0 Å². The molecule has 0 heterocycles. The Morgan fingerprint density at radius 1 is 0.931 bits per heavy atom. The van der Waals surface area contributed by atoms with Crippen LogP contribution in [0, 0.1) is 5.92 Å². The largest absolute Gasteiger partial charge is 0.489 e. The molecule has 0 spiro atoms. The standard InChI is InChI=1S/C24H23NO4/c1-17(24(27)28)15-18-11-13-20(14-12-18)25-23(26)22-10-6-5-7-19(22)16-29-21-8-3-2-4-9-21/h2-14,17H,15-16H2,1H3,(H,25,26)(H,27,28). The average molecular weight is 389 g/mol. The fourth-order valence-electron chi connectivity index (χ4n) is 2.91. The number of benzene rings is 3. The van der Waals surface area contributed by atoms with Crippen LogP contribution in [0.3, 0.4) is 0 Å². The molecule has 5 heteroatoms. The van der Waals surface area contributed by atoms with E-state index in [9.17, 15) is 9.59 Å². The summed E-state index contributed by atoms with van der Waals surface area (Å²) in [5.74, 6) is -0.749. The van der Waals surface area contributed by atoms with Gasteiger partial charge in [0.1, 0.15) is 12.4 Å². The molecule has 0 aliphatic rings. The number of aliphatic carboxylic acids is 1. The molecule has 2 N–H and O–H groups in total. The van der Waals surface area contributed by atoms with E-state index in [0.29, 0.717) is 24.3 Å². The van der Waals surface area contributed by atoms with Gasteiger partial charge in [-0.15, -0.1) is 0 Å². The van der Waals surface area contributed by atoms with Gasteiger partial charge in [0.05, 0.1) is 5.92 Å². The first kappa shape index (κ1) is 20.1. The van der Waals surface area contributed by atoms with Crippen LogP contribution >= 0.6 is 0 Å². The van der Waals surface area contributed by atoms with Gasteiger partial charge in [0, 0.05) is 16.8 Å². The summed E-state index contributed by atoms with van der Waals surface area (Å²) < 4.78 is 5.78. The summed E-state index contributed by atoms with van der Waals surface area (Å²) in [6.07, 6.45) is 0.448. The van der Waals surface area contributed by atoms with Crippen LogP contribution in [0.2, 0.25) is 0 Å². The first-order valence-corrected chi connectivity index (χ1v) is 9.42. The third-order valence-corrected chi connectivity index (χ3v) is 4.57. The number of hydrogen-bond donors (Lipinski definition) is 2. The van der Waals surface area contributed by atoms with Crippen LogP contribution in [0.15, 0.2) is 78.9 Å². The maximum Gasteiger partial charge on any atom is 0.306 e. The second-order valence-corrected chi connectivity index (χ2v) is 6.85. The smallest absolute Gasteiger partial charge is 0.306 e. The van der Waals surface area contributed by atoms with Gasteiger partial charge in [0.2, 0.25) is 0 Å². The fourth-order valence-corrected chi connectivity index (χ4v) is 2.91. The van der Waals surface area contributed by atoms with E-state index in [0.717, 1.165) is 16.9 Å². The summed E-state index contributed by atoms with van der Waals surface area (Å²) in [5, 5.41) is 11.9. The van der Waals surface area contributed by atoms with E-state index < -0.39 is 11.9 Å². The Morgan fingerprint density at radius 3 is 2.28 bits per heavy atom. The molecule has 148 valence electrons. The van der Waals surface area contributed by atoms with Crippen molar-refractivity contribution >= 4 is 17.6 Å². The van der Waals surface area contributed by atoms with Crippen molar-refractivity contribution in [2.75, 3.05) is 5.32 Å². The maximum absolute atomic E-state index is 12.8. The predicted octanol–water partition coefficient (Wildman–Crippen LogP) is 4.78. The molecule has 0 bridgehead atoms. The number of anilines is 1. The van der Waals surface area contributed by atoms with Gasteiger partial charge in [0.15, 0.2) is 0 Å². The number of carboxylic acids is 1. The second kappa shape index (κ2) is 9.55. The van der Waals surface area contributed by atoms with E-state index in [1.807, 2.05) is 60.7 Å². The number of carbonyl (C=O) groups excluding carboxylic acids is 1. The van der Waals surface area contributed by atoms with Gasteiger partial charge in [-0.3, -0.25) is 9.59 Å². The Kier molecular flexibility index (Phi) is 6.63. The minimum atomic E-state index is -0.822. The Hall–Kier alpha value is -3.60. The summed E-state index contributed by atoms with van der Waals surface area (Å²) in [4.78, 5) is 23.7. The lowest BCUT2D eigenvalue weighted by Gasteiger charge is -2.12. The van der Waals surface area contributed by atoms with Gasteiger partial charge < -0.3 is 15.2 Å². The highest BCUT2D eigenvalue weighted by atomic mass is 16.5. The number of ether oxygens (including phenoxy) is 1. The van der Waals surface area contributed by atoms with Crippen LogP contribution < -0.4 is 10.1 Å². The molecule has 1 atom stereocenters. The van der Waals surface area contributed by atoms with Crippen molar-refractivity contribution in [2.24, 2.45) is 5.92 Å². The number of carboxylic acid groups (broad SMARTS) is 1. The number of para-hydroxylation sites is 1. The van der Waals surface area contributed by atoms with Crippen molar-refractivity contribution in [1.82, 2.24) is 0 Å². The van der Waals surface area contributed by atoms with Crippen LogP contribution in [0.4, 0.5) is 5.69 Å². The third kappa shape index (κ3) is 5.69. The van der Waals surface area contributed by atoms with Crippen LogP contribution in [-0.2, 0) is 17.8 Å². The highest BCUT2D eigenvalue weighted by molar-refractivity contribution is 6.05. The molecule has 3 rings (SSSR count). The van der Waals surface area contributed by atoms with E-state index >= 15 is 0 Å². The quantitative estimate of drug-likeness (QED) is 0.581. The predicted molar refractivity (Wildman–Crippen MR) is 112 cm³/mol. The summed E-state index contributed by atoms with van der Waals surface area (Å²) in [6, 6.07) is 24.0. The second-order valence-electron chi connectivity index (χ2n) is 6.85. The van der Waals surface area contributed by atoms with E-state index in [1.54, 1.807) is 25.1 Å². The topological polar surface area (TPSA) is 75.6 Å². The summed E-state index contributed by atoms with van der Waals surface area (Å²) in [5.41, 5.74) is 2.91. The van der Waals surface area contributed by atoms with Gasteiger partial charge in [-0.2, -0.15) is 0 Å². The molecule has 3 aromatic carbocycles. The molecule has 0 aromatic heterocycles. The average Bonchev–Trinajstić information content (AvgIpc) is 2.74. The lowest BCUT2D eigenvalue weighted by molar-refractivity contribution is -0.141. The van der Waals surface area contributed by atoms with Gasteiger partial charge in [0.25, 0.3) is 5.91 Å². The minimum absolute atomic E-state index is 0.219. The molecule has 3 aromatic rings. The van der Waals surface area contributed by atoms with Gasteiger partial charge >= 0.3 is 5.97 Å². The molecular weight excluding hydrogens is 366 g/mol. The monoisotopic (exact) mass is 389 g/mol. The van der Waals surface area contributed by atoms with E-state index in [-0.39, 0.29) is 5.91 Å². The molecule has 1 unspecified atom stereocenters. The molecule has 0 radical (unpaired) electrons. The first-order chi connectivity index (χ1) is 14.0. The first-order valence-electron chi connectivity index (χ1n) is 9.42. The summed E-state index contributed by atoms with van der Waals surface area (Å²) in [7, 11) is 0. The molecule has 0 saturated carbocycles. The van der Waals surface area contributed by atoms with Gasteiger partial charge in [-0.05, 0) is 42.3 Å². The molecule has 0 fully saturated rings. The zero-order valence-corrected chi connectivity index (χ0v) is 16.2. The molecule has 0 aliphatic carbocycles. The molecular formula is C24H23NO4. The van der Waals surface area contributed by atoms with E-state index in [2.05, 4.69) is 5.32 Å². The normalized spacial score (nSPS) is 11.5. The zero-order valence-electron chi connectivity index (χ0n) is 16.2.